The molecule has 0 aliphatic rings. The SMILES string of the molecule is Cc1ccc(CS(=O)(=O)NCCc2cc3cccc(C)c3[nH]c2=O)cc1. The molecular weight excluding hydrogens is 348 g/mol. The summed E-state index contributed by atoms with van der Waals surface area (Å²) in [5.74, 6) is -0.0689. The second-order valence-electron chi connectivity index (χ2n) is 6.55. The van der Waals surface area contributed by atoms with Gasteiger partial charge < -0.3 is 4.98 Å². The van der Waals surface area contributed by atoms with Crippen molar-refractivity contribution in [3.8, 4) is 0 Å². The number of aromatic amines is 1. The summed E-state index contributed by atoms with van der Waals surface area (Å²) in [5, 5.41) is 0.946. The molecular formula is C20H22N2O3S. The molecule has 0 saturated carbocycles. The van der Waals surface area contributed by atoms with E-state index in [0.29, 0.717) is 12.0 Å². The minimum absolute atomic E-state index is 0.0689. The zero-order chi connectivity index (χ0) is 18.7. The summed E-state index contributed by atoms with van der Waals surface area (Å²) in [4.78, 5) is 15.1. The van der Waals surface area contributed by atoms with Crippen molar-refractivity contribution in [1.82, 2.24) is 9.71 Å². The Balaban J connectivity index is 1.67. The second kappa shape index (κ2) is 7.43. The van der Waals surface area contributed by atoms with E-state index >= 15 is 0 Å². The van der Waals surface area contributed by atoms with Crippen molar-refractivity contribution in [3.63, 3.8) is 0 Å². The van der Waals surface area contributed by atoms with Crippen LogP contribution in [0.1, 0.15) is 22.3 Å². The van der Waals surface area contributed by atoms with Crippen LogP contribution in [0.4, 0.5) is 0 Å². The Labute approximate surface area is 153 Å². The van der Waals surface area contributed by atoms with Gasteiger partial charge in [0, 0.05) is 12.1 Å². The summed E-state index contributed by atoms with van der Waals surface area (Å²) < 4.78 is 27.0. The highest BCUT2D eigenvalue weighted by molar-refractivity contribution is 7.88. The highest BCUT2D eigenvalue weighted by Gasteiger charge is 2.12. The van der Waals surface area contributed by atoms with Crippen LogP contribution in [0.15, 0.2) is 53.3 Å². The number of fused-ring (bicyclic) bond motifs is 1. The maximum absolute atomic E-state index is 12.2. The number of hydrogen-bond donors (Lipinski definition) is 2. The molecule has 0 unspecified atom stereocenters. The molecule has 5 nitrogen and oxygen atoms in total. The number of H-pyrrole nitrogens is 1. The first kappa shape index (κ1) is 18.4. The summed E-state index contributed by atoms with van der Waals surface area (Å²) in [5.41, 5.74) is 4.05. The van der Waals surface area contributed by atoms with Crippen LogP contribution in [0.2, 0.25) is 0 Å². The van der Waals surface area contributed by atoms with E-state index in [2.05, 4.69) is 9.71 Å². The van der Waals surface area contributed by atoms with Gasteiger partial charge in [-0.3, -0.25) is 4.79 Å². The second-order valence-corrected chi connectivity index (χ2v) is 8.36. The number of sulfonamides is 1. The van der Waals surface area contributed by atoms with Gasteiger partial charge in [0.1, 0.15) is 0 Å². The van der Waals surface area contributed by atoms with Gasteiger partial charge in [-0.1, -0.05) is 48.0 Å². The Hall–Kier alpha value is -2.44. The molecule has 3 rings (SSSR count). The van der Waals surface area contributed by atoms with Crippen molar-refractivity contribution >= 4 is 20.9 Å². The third kappa shape index (κ3) is 4.39. The lowest BCUT2D eigenvalue weighted by Gasteiger charge is -2.08. The molecule has 0 bridgehead atoms. The van der Waals surface area contributed by atoms with Crippen LogP contribution in [-0.4, -0.2) is 19.9 Å². The minimum atomic E-state index is -3.44. The van der Waals surface area contributed by atoms with Gasteiger partial charge in [0.25, 0.3) is 5.56 Å². The van der Waals surface area contributed by atoms with Crippen LogP contribution in [-0.2, 0) is 22.2 Å². The van der Waals surface area contributed by atoms with Gasteiger partial charge in [0.2, 0.25) is 10.0 Å². The number of nitrogens with one attached hydrogen (secondary N) is 2. The van der Waals surface area contributed by atoms with E-state index in [4.69, 9.17) is 0 Å². The number of benzene rings is 2. The Morgan fingerprint density at radius 2 is 1.77 bits per heavy atom. The molecule has 2 N–H and O–H groups in total. The Kier molecular flexibility index (Phi) is 5.25. The normalized spacial score (nSPS) is 11.8. The van der Waals surface area contributed by atoms with Crippen LogP contribution >= 0.6 is 0 Å². The van der Waals surface area contributed by atoms with Gasteiger partial charge in [-0.2, -0.15) is 0 Å². The average molecular weight is 370 g/mol. The van der Waals surface area contributed by atoms with Gasteiger partial charge in [-0.15, -0.1) is 0 Å². The van der Waals surface area contributed by atoms with E-state index in [-0.39, 0.29) is 17.9 Å². The number of pyridine rings is 1. The molecule has 6 heteroatoms. The van der Waals surface area contributed by atoms with Crippen molar-refractivity contribution in [2.45, 2.75) is 26.0 Å². The maximum Gasteiger partial charge on any atom is 0.251 e. The van der Waals surface area contributed by atoms with Gasteiger partial charge in [0.05, 0.1) is 11.3 Å². The van der Waals surface area contributed by atoms with Gasteiger partial charge in [-0.05, 0) is 42.8 Å². The lowest BCUT2D eigenvalue weighted by Crippen LogP contribution is -2.28. The van der Waals surface area contributed by atoms with E-state index < -0.39 is 10.0 Å². The zero-order valence-electron chi connectivity index (χ0n) is 14.9. The van der Waals surface area contributed by atoms with E-state index in [0.717, 1.165) is 27.6 Å². The van der Waals surface area contributed by atoms with Crippen molar-refractivity contribution in [2.24, 2.45) is 0 Å². The van der Waals surface area contributed by atoms with Crippen molar-refractivity contribution < 1.29 is 8.42 Å². The quantitative estimate of drug-likeness (QED) is 0.700. The topological polar surface area (TPSA) is 79.0 Å². The molecule has 0 atom stereocenters. The first-order chi connectivity index (χ1) is 12.3. The monoisotopic (exact) mass is 370 g/mol. The molecule has 1 aromatic heterocycles. The third-order valence-corrected chi connectivity index (χ3v) is 5.72. The molecule has 136 valence electrons. The number of rotatable bonds is 6. The predicted molar refractivity (Wildman–Crippen MR) is 105 cm³/mol. The Morgan fingerprint density at radius 1 is 1.04 bits per heavy atom. The predicted octanol–water partition coefficient (Wildman–Crippen LogP) is 2.81. The van der Waals surface area contributed by atoms with Crippen LogP contribution in [0.25, 0.3) is 10.9 Å². The van der Waals surface area contributed by atoms with Crippen LogP contribution in [0, 0.1) is 13.8 Å². The van der Waals surface area contributed by atoms with Crippen LogP contribution in [0.5, 0.6) is 0 Å². The van der Waals surface area contributed by atoms with Gasteiger partial charge in [-0.25, -0.2) is 13.1 Å². The molecule has 0 aliphatic carbocycles. The smallest absolute Gasteiger partial charge is 0.251 e. The zero-order valence-corrected chi connectivity index (χ0v) is 15.7. The van der Waals surface area contributed by atoms with Crippen LogP contribution in [0.3, 0.4) is 0 Å². The number of aryl methyl sites for hydroxylation is 2. The van der Waals surface area contributed by atoms with E-state index in [1.54, 1.807) is 0 Å². The standard InChI is InChI=1S/C20H22N2O3S/c1-14-6-8-16(9-7-14)13-26(24,25)21-11-10-18-12-17-5-3-4-15(2)19(17)22-20(18)23/h3-9,12,21H,10-11,13H2,1-2H3,(H,22,23). The summed E-state index contributed by atoms with van der Waals surface area (Å²) in [7, 11) is -3.44. The molecule has 1 heterocycles. The fourth-order valence-corrected chi connectivity index (χ4v) is 4.06. The maximum atomic E-state index is 12.2. The van der Waals surface area contributed by atoms with Crippen molar-refractivity contribution in [2.75, 3.05) is 6.54 Å². The third-order valence-electron chi connectivity index (χ3n) is 4.36. The number of hydrogen-bond acceptors (Lipinski definition) is 3. The largest absolute Gasteiger partial charge is 0.321 e. The average Bonchev–Trinajstić information content (AvgIpc) is 2.58. The first-order valence-electron chi connectivity index (χ1n) is 8.48. The summed E-state index contributed by atoms with van der Waals surface area (Å²) in [6.45, 7) is 4.09. The van der Waals surface area contributed by atoms with E-state index in [9.17, 15) is 13.2 Å². The van der Waals surface area contributed by atoms with Crippen molar-refractivity contribution in [3.05, 3.63) is 81.1 Å². The summed E-state index contributed by atoms with van der Waals surface area (Å²) >= 11 is 0. The molecule has 0 fully saturated rings. The fraction of sp³-hybridized carbons (Fsp3) is 0.250. The molecule has 2 aromatic carbocycles. The summed E-state index contributed by atoms with van der Waals surface area (Å²) in [6.07, 6.45) is 0.340. The molecule has 0 spiro atoms. The molecule has 0 saturated heterocycles. The number of para-hydroxylation sites is 1. The molecule has 0 radical (unpaired) electrons. The molecule has 26 heavy (non-hydrogen) atoms. The highest BCUT2D eigenvalue weighted by atomic mass is 32.2. The number of aromatic nitrogens is 1. The van der Waals surface area contributed by atoms with Crippen molar-refractivity contribution in [1.29, 1.82) is 0 Å². The van der Waals surface area contributed by atoms with E-state index in [1.165, 1.54) is 0 Å². The van der Waals surface area contributed by atoms with Gasteiger partial charge >= 0.3 is 0 Å². The molecule has 0 amide bonds. The summed E-state index contributed by atoms with van der Waals surface area (Å²) in [6, 6.07) is 15.0. The highest BCUT2D eigenvalue weighted by Crippen LogP contribution is 2.15. The fourth-order valence-electron chi connectivity index (χ4n) is 2.91. The molecule has 0 aliphatic heterocycles. The molecule has 3 aromatic rings. The lowest BCUT2D eigenvalue weighted by atomic mass is 10.1. The lowest BCUT2D eigenvalue weighted by molar-refractivity contribution is 0.580. The van der Waals surface area contributed by atoms with Crippen LogP contribution < -0.4 is 10.3 Å². The minimum Gasteiger partial charge on any atom is -0.321 e. The van der Waals surface area contributed by atoms with E-state index in [1.807, 2.05) is 62.4 Å². The Bertz CT molecular complexity index is 1080. The Morgan fingerprint density at radius 3 is 2.50 bits per heavy atom. The van der Waals surface area contributed by atoms with Gasteiger partial charge in [0.15, 0.2) is 0 Å². The first-order valence-corrected chi connectivity index (χ1v) is 10.1.